The second kappa shape index (κ2) is 7.69. The van der Waals surface area contributed by atoms with Gasteiger partial charge in [0, 0.05) is 37.4 Å². The van der Waals surface area contributed by atoms with Gasteiger partial charge in [0.05, 0.1) is 5.92 Å². The molecule has 0 aliphatic heterocycles. The van der Waals surface area contributed by atoms with E-state index >= 15 is 0 Å². The summed E-state index contributed by atoms with van der Waals surface area (Å²) < 4.78 is 0. The van der Waals surface area contributed by atoms with E-state index in [1.165, 1.54) is 6.08 Å². The largest absolute Gasteiger partial charge is 0.478 e. The number of hydrogen-bond donors (Lipinski definition) is 2. The highest BCUT2D eigenvalue weighted by Gasteiger charge is 2.14. The molecule has 2 N–H and O–H groups in total. The third kappa shape index (κ3) is 5.11. The Morgan fingerprint density at radius 2 is 2.14 bits per heavy atom. The smallest absolute Gasteiger partial charge is 0.328 e. The number of carbonyl (C=O) groups excluding carboxylic acids is 1. The fourth-order valence-corrected chi connectivity index (χ4v) is 2.13. The number of nitrogens with zero attached hydrogens (tertiary/aromatic N) is 1. The van der Waals surface area contributed by atoms with Gasteiger partial charge in [0.15, 0.2) is 0 Å². The van der Waals surface area contributed by atoms with Crippen LogP contribution in [0.25, 0.3) is 6.08 Å². The first-order valence-corrected chi connectivity index (χ1v) is 6.86. The molecule has 1 rings (SSSR count). The average Bonchev–Trinajstić information content (AvgIpc) is 2.44. The predicted octanol–water partition coefficient (Wildman–Crippen LogP) is 2.26. The first kappa shape index (κ1) is 17.0. The van der Waals surface area contributed by atoms with Gasteiger partial charge in [-0.1, -0.05) is 24.6 Å². The Labute approximate surface area is 129 Å². The van der Waals surface area contributed by atoms with Crippen molar-refractivity contribution in [3.05, 3.63) is 34.9 Å². The summed E-state index contributed by atoms with van der Waals surface area (Å²) in [5.41, 5.74) is 1.50. The van der Waals surface area contributed by atoms with Gasteiger partial charge in [-0.2, -0.15) is 0 Å². The molecule has 1 amide bonds. The zero-order chi connectivity index (χ0) is 16.0. The van der Waals surface area contributed by atoms with E-state index in [4.69, 9.17) is 16.7 Å². The van der Waals surface area contributed by atoms with E-state index in [2.05, 4.69) is 5.32 Å². The zero-order valence-electron chi connectivity index (χ0n) is 12.3. The van der Waals surface area contributed by atoms with Gasteiger partial charge < -0.3 is 15.3 Å². The standard InChI is InChI=1S/C15H19ClN2O3/c1-10(15(21)17-2)9-18(3)12-6-4-11(13(16)8-12)5-7-14(19)20/h4-8,10H,9H2,1-3H3,(H,17,21)(H,19,20)/b7-5+. The molecule has 0 heterocycles. The van der Waals surface area contributed by atoms with E-state index in [1.807, 2.05) is 24.9 Å². The molecule has 114 valence electrons. The van der Waals surface area contributed by atoms with E-state index < -0.39 is 5.97 Å². The van der Waals surface area contributed by atoms with Crippen LogP contribution >= 0.6 is 11.6 Å². The molecule has 0 aliphatic carbocycles. The number of carboxylic acid groups (broad SMARTS) is 1. The second-order valence-corrected chi connectivity index (χ2v) is 5.18. The minimum absolute atomic E-state index is 0.0195. The molecule has 0 aromatic heterocycles. The van der Waals surface area contributed by atoms with Crippen LogP contribution in [-0.2, 0) is 9.59 Å². The molecule has 0 aliphatic rings. The Balaban J connectivity index is 2.83. The predicted molar refractivity (Wildman–Crippen MR) is 84.6 cm³/mol. The molecule has 5 nitrogen and oxygen atoms in total. The van der Waals surface area contributed by atoms with Crippen LogP contribution in [0.1, 0.15) is 12.5 Å². The Morgan fingerprint density at radius 3 is 2.67 bits per heavy atom. The molecule has 0 saturated heterocycles. The van der Waals surface area contributed by atoms with E-state index in [0.29, 0.717) is 17.1 Å². The summed E-state index contributed by atoms with van der Waals surface area (Å²) in [4.78, 5) is 23.9. The molecular formula is C15H19ClN2O3. The highest BCUT2D eigenvalue weighted by molar-refractivity contribution is 6.32. The first-order valence-electron chi connectivity index (χ1n) is 6.48. The number of nitrogens with one attached hydrogen (secondary N) is 1. The van der Waals surface area contributed by atoms with Gasteiger partial charge in [-0.3, -0.25) is 4.79 Å². The maximum atomic E-state index is 11.5. The summed E-state index contributed by atoms with van der Waals surface area (Å²) in [7, 11) is 3.48. The van der Waals surface area contributed by atoms with Crippen LogP contribution < -0.4 is 10.2 Å². The fourth-order valence-electron chi connectivity index (χ4n) is 1.90. The number of amides is 1. The van der Waals surface area contributed by atoms with Crippen LogP contribution in [0.5, 0.6) is 0 Å². The van der Waals surface area contributed by atoms with Crippen LogP contribution in [-0.4, -0.2) is 37.6 Å². The van der Waals surface area contributed by atoms with Gasteiger partial charge >= 0.3 is 5.97 Å². The third-order valence-electron chi connectivity index (χ3n) is 3.07. The van der Waals surface area contributed by atoms with Gasteiger partial charge in [0.1, 0.15) is 0 Å². The fraction of sp³-hybridized carbons (Fsp3) is 0.333. The van der Waals surface area contributed by atoms with E-state index in [9.17, 15) is 9.59 Å². The molecule has 0 spiro atoms. The molecule has 6 heteroatoms. The van der Waals surface area contributed by atoms with E-state index in [-0.39, 0.29) is 11.8 Å². The molecule has 21 heavy (non-hydrogen) atoms. The van der Waals surface area contributed by atoms with Crippen molar-refractivity contribution in [1.82, 2.24) is 5.32 Å². The quantitative estimate of drug-likeness (QED) is 0.791. The monoisotopic (exact) mass is 310 g/mol. The topological polar surface area (TPSA) is 69.6 Å². The van der Waals surface area contributed by atoms with Gasteiger partial charge in [0.25, 0.3) is 0 Å². The van der Waals surface area contributed by atoms with Crippen molar-refractivity contribution in [3.8, 4) is 0 Å². The molecule has 0 radical (unpaired) electrons. The first-order chi connectivity index (χ1) is 9.85. The van der Waals surface area contributed by atoms with Crippen molar-refractivity contribution >= 4 is 35.2 Å². The lowest BCUT2D eigenvalue weighted by molar-refractivity contribution is -0.131. The molecule has 0 bridgehead atoms. The summed E-state index contributed by atoms with van der Waals surface area (Å²) in [6.45, 7) is 2.40. The highest BCUT2D eigenvalue weighted by atomic mass is 35.5. The van der Waals surface area contributed by atoms with E-state index in [0.717, 1.165) is 11.8 Å². The Bertz CT molecular complexity index is 558. The van der Waals surface area contributed by atoms with Crippen molar-refractivity contribution in [1.29, 1.82) is 0 Å². The normalized spacial score (nSPS) is 12.2. The van der Waals surface area contributed by atoms with Crippen LogP contribution in [0.2, 0.25) is 5.02 Å². The van der Waals surface area contributed by atoms with Crippen molar-refractivity contribution in [3.63, 3.8) is 0 Å². The highest BCUT2D eigenvalue weighted by Crippen LogP contribution is 2.24. The average molecular weight is 311 g/mol. The molecule has 0 fully saturated rings. The van der Waals surface area contributed by atoms with Gasteiger partial charge in [0.2, 0.25) is 5.91 Å². The van der Waals surface area contributed by atoms with Gasteiger partial charge in [-0.05, 0) is 23.8 Å². The number of anilines is 1. The molecule has 1 aromatic carbocycles. The lowest BCUT2D eigenvalue weighted by Gasteiger charge is -2.23. The van der Waals surface area contributed by atoms with Crippen molar-refractivity contribution in [2.45, 2.75) is 6.92 Å². The van der Waals surface area contributed by atoms with Crippen LogP contribution in [0.4, 0.5) is 5.69 Å². The van der Waals surface area contributed by atoms with Gasteiger partial charge in [-0.25, -0.2) is 4.79 Å². The number of rotatable bonds is 6. The number of benzene rings is 1. The molecular weight excluding hydrogens is 292 g/mol. The maximum Gasteiger partial charge on any atom is 0.328 e. The number of aliphatic carboxylic acids is 1. The Morgan fingerprint density at radius 1 is 1.48 bits per heavy atom. The van der Waals surface area contributed by atoms with Crippen molar-refractivity contribution in [2.75, 3.05) is 25.5 Å². The Kier molecular flexibility index (Phi) is 6.24. The maximum absolute atomic E-state index is 11.5. The second-order valence-electron chi connectivity index (χ2n) is 4.77. The summed E-state index contributed by atoms with van der Waals surface area (Å²) in [5, 5.41) is 11.7. The molecule has 1 unspecified atom stereocenters. The van der Waals surface area contributed by atoms with Crippen molar-refractivity contribution < 1.29 is 14.7 Å². The minimum atomic E-state index is -1.02. The zero-order valence-corrected chi connectivity index (χ0v) is 13.0. The SMILES string of the molecule is CNC(=O)C(C)CN(C)c1ccc(/C=C/C(=O)O)c(Cl)c1. The van der Waals surface area contributed by atoms with Gasteiger partial charge in [-0.15, -0.1) is 0 Å². The Hall–Kier alpha value is -2.01. The summed E-state index contributed by atoms with van der Waals surface area (Å²) in [6.07, 6.45) is 2.49. The van der Waals surface area contributed by atoms with Crippen LogP contribution in [0.15, 0.2) is 24.3 Å². The van der Waals surface area contributed by atoms with E-state index in [1.54, 1.807) is 19.2 Å². The number of hydrogen-bond acceptors (Lipinski definition) is 3. The molecule has 1 atom stereocenters. The number of halogens is 1. The van der Waals surface area contributed by atoms with Crippen molar-refractivity contribution in [2.24, 2.45) is 5.92 Å². The lowest BCUT2D eigenvalue weighted by atomic mass is 10.1. The van der Waals surface area contributed by atoms with Crippen LogP contribution in [0.3, 0.4) is 0 Å². The minimum Gasteiger partial charge on any atom is -0.478 e. The lowest BCUT2D eigenvalue weighted by Crippen LogP contribution is -2.34. The van der Waals surface area contributed by atoms with Crippen LogP contribution in [0, 0.1) is 5.92 Å². The number of carboxylic acids is 1. The summed E-state index contributed by atoms with van der Waals surface area (Å²) in [6, 6.07) is 5.34. The molecule has 1 aromatic rings. The molecule has 0 saturated carbocycles. The number of carbonyl (C=O) groups is 2. The summed E-state index contributed by atoms with van der Waals surface area (Å²) >= 11 is 6.13. The summed E-state index contributed by atoms with van der Waals surface area (Å²) in [5.74, 6) is -1.19. The third-order valence-corrected chi connectivity index (χ3v) is 3.40.